The maximum absolute atomic E-state index is 12.8. The summed E-state index contributed by atoms with van der Waals surface area (Å²) in [5.41, 5.74) is -0.651. The molecule has 1 saturated heterocycles. The highest BCUT2D eigenvalue weighted by molar-refractivity contribution is 7.12. The second-order valence-electron chi connectivity index (χ2n) is 6.87. The zero-order valence-electron chi connectivity index (χ0n) is 15.2. The van der Waals surface area contributed by atoms with E-state index in [9.17, 15) is 9.59 Å². The Hall–Kier alpha value is -1.70. The van der Waals surface area contributed by atoms with E-state index in [2.05, 4.69) is 35.9 Å². The van der Waals surface area contributed by atoms with Crippen LogP contribution in [-0.4, -0.2) is 24.9 Å². The van der Waals surface area contributed by atoms with Crippen LogP contribution in [0, 0.1) is 19.3 Å². The van der Waals surface area contributed by atoms with Crippen LogP contribution in [-0.2, 0) is 22.7 Å². The van der Waals surface area contributed by atoms with Crippen molar-refractivity contribution in [3.8, 4) is 0 Å². The second kappa shape index (κ2) is 8.33. The summed E-state index contributed by atoms with van der Waals surface area (Å²) in [5.74, 6) is -0.0995. The molecule has 2 amide bonds. The van der Waals surface area contributed by atoms with Gasteiger partial charge in [0.1, 0.15) is 0 Å². The molecule has 1 atom stereocenters. The maximum atomic E-state index is 12.8. The molecule has 0 saturated carbocycles. The fraction of sp³-hybridized carbons (Fsp3) is 0.474. The molecule has 2 aromatic rings. The molecule has 0 radical (unpaired) electrons. The molecule has 7 heteroatoms. The SMILES string of the molecule is Cc1ccc(CNC(=O)CC2(C(=O)NCc3ccc(C)s3)CCNC2)s1. The summed E-state index contributed by atoms with van der Waals surface area (Å²) in [6.07, 6.45) is 0.910. The molecule has 1 fully saturated rings. The molecular formula is C19H25N3O2S2. The molecule has 140 valence electrons. The lowest BCUT2D eigenvalue weighted by Gasteiger charge is -2.26. The van der Waals surface area contributed by atoms with Crippen molar-refractivity contribution >= 4 is 34.5 Å². The van der Waals surface area contributed by atoms with E-state index in [1.165, 1.54) is 9.75 Å². The standard InChI is InChI=1S/C19H25N3O2S2/c1-13-3-5-15(25-13)10-21-17(23)9-19(7-8-20-12-19)18(24)22-11-16-6-4-14(2)26-16/h3-6,20H,7-12H2,1-2H3,(H,21,23)(H,22,24). The predicted octanol–water partition coefficient (Wildman–Crippen LogP) is 2.73. The molecule has 5 nitrogen and oxygen atoms in total. The van der Waals surface area contributed by atoms with Crippen LogP contribution in [0.5, 0.6) is 0 Å². The maximum Gasteiger partial charge on any atom is 0.228 e. The lowest BCUT2D eigenvalue weighted by molar-refractivity contribution is -0.135. The van der Waals surface area contributed by atoms with Crippen LogP contribution < -0.4 is 16.0 Å². The van der Waals surface area contributed by atoms with Gasteiger partial charge < -0.3 is 16.0 Å². The fourth-order valence-electron chi connectivity index (χ4n) is 3.24. The van der Waals surface area contributed by atoms with E-state index in [0.29, 0.717) is 26.1 Å². The molecule has 3 N–H and O–H groups in total. The summed E-state index contributed by atoms with van der Waals surface area (Å²) < 4.78 is 0. The minimum Gasteiger partial charge on any atom is -0.351 e. The molecule has 0 aliphatic carbocycles. The first kappa shape index (κ1) is 19.1. The normalized spacial score (nSPS) is 19.5. The fourth-order valence-corrected chi connectivity index (χ4v) is 4.90. The Morgan fingerprint density at radius 2 is 1.65 bits per heavy atom. The Balaban J connectivity index is 1.55. The van der Waals surface area contributed by atoms with Crippen LogP contribution in [0.1, 0.15) is 32.4 Å². The molecule has 0 bridgehead atoms. The van der Waals surface area contributed by atoms with E-state index in [-0.39, 0.29) is 18.2 Å². The van der Waals surface area contributed by atoms with Crippen LogP contribution in [0.15, 0.2) is 24.3 Å². The molecule has 1 aliphatic heterocycles. The van der Waals surface area contributed by atoms with E-state index < -0.39 is 5.41 Å². The summed E-state index contributed by atoms with van der Waals surface area (Å²) in [5, 5.41) is 9.24. The summed E-state index contributed by atoms with van der Waals surface area (Å²) in [4.78, 5) is 30.0. The Morgan fingerprint density at radius 1 is 1.04 bits per heavy atom. The average molecular weight is 392 g/mol. The molecule has 1 aliphatic rings. The first-order chi connectivity index (χ1) is 12.5. The Labute approximate surface area is 162 Å². The van der Waals surface area contributed by atoms with Gasteiger partial charge >= 0.3 is 0 Å². The summed E-state index contributed by atoms with van der Waals surface area (Å²) >= 11 is 3.36. The number of carbonyl (C=O) groups excluding carboxylic acids is 2. The van der Waals surface area contributed by atoms with Gasteiger partial charge in [0.05, 0.1) is 18.5 Å². The Bertz CT molecular complexity index is 775. The van der Waals surface area contributed by atoms with Gasteiger partial charge in [-0.15, -0.1) is 22.7 Å². The minimum atomic E-state index is -0.651. The van der Waals surface area contributed by atoms with E-state index in [4.69, 9.17) is 0 Å². The highest BCUT2D eigenvalue weighted by Gasteiger charge is 2.42. The average Bonchev–Trinajstić information content (AvgIpc) is 3.33. The number of carbonyl (C=O) groups is 2. The number of amides is 2. The lowest BCUT2D eigenvalue weighted by Crippen LogP contribution is -2.45. The highest BCUT2D eigenvalue weighted by Crippen LogP contribution is 2.30. The van der Waals surface area contributed by atoms with Gasteiger partial charge in [0, 0.05) is 32.5 Å². The van der Waals surface area contributed by atoms with Crippen molar-refractivity contribution in [2.75, 3.05) is 13.1 Å². The van der Waals surface area contributed by atoms with Gasteiger partial charge in [-0.1, -0.05) is 0 Å². The number of nitrogens with one attached hydrogen (secondary N) is 3. The van der Waals surface area contributed by atoms with Crippen molar-refractivity contribution in [2.45, 2.75) is 39.8 Å². The van der Waals surface area contributed by atoms with E-state index in [1.807, 2.05) is 18.2 Å². The zero-order valence-corrected chi connectivity index (χ0v) is 16.8. The molecule has 2 aromatic heterocycles. The van der Waals surface area contributed by atoms with E-state index >= 15 is 0 Å². The summed E-state index contributed by atoms with van der Waals surface area (Å²) in [6.45, 7) is 6.47. The van der Waals surface area contributed by atoms with Crippen LogP contribution in [0.2, 0.25) is 0 Å². The van der Waals surface area contributed by atoms with Crippen molar-refractivity contribution in [1.82, 2.24) is 16.0 Å². The van der Waals surface area contributed by atoms with Crippen molar-refractivity contribution < 1.29 is 9.59 Å². The number of hydrogen-bond acceptors (Lipinski definition) is 5. The predicted molar refractivity (Wildman–Crippen MR) is 106 cm³/mol. The van der Waals surface area contributed by atoms with Crippen molar-refractivity contribution in [3.63, 3.8) is 0 Å². The molecule has 0 spiro atoms. The number of aryl methyl sites for hydroxylation is 2. The van der Waals surface area contributed by atoms with Crippen LogP contribution in [0.3, 0.4) is 0 Å². The third-order valence-corrected chi connectivity index (χ3v) is 6.70. The monoisotopic (exact) mass is 391 g/mol. The van der Waals surface area contributed by atoms with Gasteiger partial charge in [-0.2, -0.15) is 0 Å². The van der Waals surface area contributed by atoms with Crippen LogP contribution in [0.4, 0.5) is 0 Å². The number of thiophene rings is 2. The van der Waals surface area contributed by atoms with Gasteiger partial charge in [0.25, 0.3) is 0 Å². The second-order valence-corrected chi connectivity index (χ2v) is 9.61. The number of hydrogen-bond donors (Lipinski definition) is 3. The van der Waals surface area contributed by atoms with Crippen LogP contribution >= 0.6 is 22.7 Å². The van der Waals surface area contributed by atoms with Crippen molar-refractivity contribution in [3.05, 3.63) is 43.8 Å². The quantitative estimate of drug-likeness (QED) is 0.680. The summed E-state index contributed by atoms with van der Waals surface area (Å²) in [6, 6.07) is 8.17. The minimum absolute atomic E-state index is 0.0318. The van der Waals surface area contributed by atoms with Gasteiger partial charge in [-0.25, -0.2) is 0 Å². The summed E-state index contributed by atoms with van der Waals surface area (Å²) in [7, 11) is 0. The van der Waals surface area contributed by atoms with Gasteiger partial charge in [-0.05, 0) is 51.1 Å². The third-order valence-electron chi connectivity index (χ3n) is 4.70. The molecule has 26 heavy (non-hydrogen) atoms. The molecule has 3 heterocycles. The van der Waals surface area contributed by atoms with Crippen molar-refractivity contribution in [2.24, 2.45) is 5.41 Å². The van der Waals surface area contributed by atoms with Crippen molar-refractivity contribution in [1.29, 1.82) is 0 Å². The zero-order chi connectivity index (χ0) is 18.6. The topological polar surface area (TPSA) is 70.2 Å². The third kappa shape index (κ3) is 4.72. The number of rotatable bonds is 7. The largest absolute Gasteiger partial charge is 0.351 e. The first-order valence-electron chi connectivity index (χ1n) is 8.83. The molecule has 0 aromatic carbocycles. The Morgan fingerprint density at radius 3 is 2.15 bits per heavy atom. The molecule has 1 unspecified atom stereocenters. The Kier molecular flexibility index (Phi) is 6.11. The van der Waals surface area contributed by atoms with Crippen LogP contribution in [0.25, 0.3) is 0 Å². The lowest BCUT2D eigenvalue weighted by atomic mass is 9.82. The van der Waals surface area contributed by atoms with Gasteiger partial charge in [0.2, 0.25) is 11.8 Å². The van der Waals surface area contributed by atoms with Gasteiger partial charge in [-0.3, -0.25) is 9.59 Å². The highest BCUT2D eigenvalue weighted by atomic mass is 32.1. The van der Waals surface area contributed by atoms with E-state index in [0.717, 1.165) is 16.3 Å². The smallest absolute Gasteiger partial charge is 0.228 e. The first-order valence-corrected chi connectivity index (χ1v) is 10.5. The van der Waals surface area contributed by atoms with E-state index in [1.54, 1.807) is 22.7 Å². The molecule has 3 rings (SSSR count). The van der Waals surface area contributed by atoms with Gasteiger partial charge in [0.15, 0.2) is 0 Å². The molecular weight excluding hydrogens is 366 g/mol.